The smallest absolute Gasteiger partial charge is 0.407 e. The number of esters is 1. The molecule has 1 atom stereocenters. The first-order valence-corrected chi connectivity index (χ1v) is 10.2. The number of alkyl carbamates (subject to hydrolysis) is 1. The molecule has 0 saturated heterocycles. The molecular weight excluding hydrogens is 422 g/mol. The maximum absolute atomic E-state index is 12.1. The molecular formula is C23H28ClNO6. The van der Waals surface area contributed by atoms with E-state index in [0.29, 0.717) is 16.5 Å². The van der Waals surface area contributed by atoms with Crippen LogP contribution in [-0.4, -0.2) is 44.0 Å². The van der Waals surface area contributed by atoms with Crippen LogP contribution in [0.15, 0.2) is 48.5 Å². The minimum absolute atomic E-state index is 0.222. The molecule has 0 radical (unpaired) electrons. The molecule has 0 saturated carbocycles. The topological polar surface area (TPSA) is 83.1 Å². The van der Waals surface area contributed by atoms with Crippen LogP contribution in [0.5, 0.6) is 11.5 Å². The van der Waals surface area contributed by atoms with Crippen LogP contribution in [0.2, 0.25) is 5.02 Å². The third-order valence-corrected chi connectivity index (χ3v) is 4.23. The van der Waals surface area contributed by atoms with E-state index in [0.717, 1.165) is 5.56 Å². The van der Waals surface area contributed by atoms with Crippen LogP contribution in [0.25, 0.3) is 0 Å². The molecule has 0 aliphatic rings. The van der Waals surface area contributed by atoms with Gasteiger partial charge in [-0.3, -0.25) is 0 Å². The Kier molecular flexibility index (Phi) is 9.00. The Balaban J connectivity index is 1.91. The molecule has 0 spiro atoms. The highest BCUT2D eigenvalue weighted by Crippen LogP contribution is 2.26. The number of rotatable bonds is 9. The van der Waals surface area contributed by atoms with E-state index < -0.39 is 23.8 Å². The van der Waals surface area contributed by atoms with Crippen LogP contribution in [0.1, 0.15) is 26.3 Å². The molecule has 168 valence electrons. The highest BCUT2D eigenvalue weighted by molar-refractivity contribution is 6.32. The number of ether oxygens (including phenoxy) is 4. The second-order valence-electron chi connectivity index (χ2n) is 7.69. The van der Waals surface area contributed by atoms with Gasteiger partial charge in [0.05, 0.1) is 18.7 Å². The number of methoxy groups -OCH3 is 1. The van der Waals surface area contributed by atoms with Gasteiger partial charge in [0, 0.05) is 6.42 Å². The van der Waals surface area contributed by atoms with Crippen molar-refractivity contribution >= 4 is 23.7 Å². The number of carbonyl (C=O) groups excluding carboxylic acids is 2. The molecule has 31 heavy (non-hydrogen) atoms. The lowest BCUT2D eigenvalue weighted by molar-refractivity contribution is -0.148. The van der Waals surface area contributed by atoms with Crippen LogP contribution in [-0.2, 0) is 20.7 Å². The average molecular weight is 450 g/mol. The number of hydrogen-bond acceptors (Lipinski definition) is 6. The van der Waals surface area contributed by atoms with Gasteiger partial charge >= 0.3 is 12.1 Å². The van der Waals surface area contributed by atoms with Crippen molar-refractivity contribution in [3.05, 3.63) is 59.1 Å². The van der Waals surface area contributed by atoms with Gasteiger partial charge in [-0.25, -0.2) is 9.59 Å². The minimum atomic E-state index is -0.812. The fourth-order valence-corrected chi connectivity index (χ4v) is 2.86. The minimum Gasteiger partial charge on any atom is -0.490 e. The van der Waals surface area contributed by atoms with Gasteiger partial charge in [-0.1, -0.05) is 35.9 Å². The molecule has 1 amide bonds. The summed E-state index contributed by atoms with van der Waals surface area (Å²) in [7, 11) is 1.32. The summed E-state index contributed by atoms with van der Waals surface area (Å²) in [5.74, 6) is 0.560. The third kappa shape index (κ3) is 8.76. The molecule has 1 unspecified atom stereocenters. The van der Waals surface area contributed by atoms with Gasteiger partial charge in [-0.2, -0.15) is 0 Å². The molecule has 2 aromatic rings. The Bertz CT molecular complexity index is 866. The Morgan fingerprint density at radius 1 is 1.10 bits per heavy atom. The lowest BCUT2D eigenvalue weighted by atomic mass is 10.1. The first-order valence-electron chi connectivity index (χ1n) is 9.85. The molecule has 1 N–H and O–H groups in total. The van der Waals surface area contributed by atoms with E-state index in [1.807, 2.05) is 18.2 Å². The van der Waals surface area contributed by atoms with E-state index in [2.05, 4.69) is 5.32 Å². The molecule has 7 nitrogen and oxygen atoms in total. The highest BCUT2D eigenvalue weighted by atomic mass is 35.5. The Labute approximate surface area is 187 Å². The molecule has 0 aliphatic heterocycles. The Hall–Kier alpha value is -2.93. The summed E-state index contributed by atoms with van der Waals surface area (Å²) in [6.45, 7) is 5.86. The van der Waals surface area contributed by atoms with Crippen LogP contribution < -0.4 is 14.8 Å². The van der Waals surface area contributed by atoms with E-state index in [-0.39, 0.29) is 19.6 Å². The van der Waals surface area contributed by atoms with E-state index in [4.69, 9.17) is 30.5 Å². The first kappa shape index (κ1) is 24.3. The van der Waals surface area contributed by atoms with Gasteiger partial charge in [0.25, 0.3) is 0 Å². The molecule has 0 aromatic heterocycles. The maximum atomic E-state index is 12.1. The van der Waals surface area contributed by atoms with Crippen molar-refractivity contribution in [2.45, 2.75) is 38.9 Å². The Morgan fingerprint density at radius 2 is 1.81 bits per heavy atom. The second-order valence-corrected chi connectivity index (χ2v) is 8.10. The van der Waals surface area contributed by atoms with Crippen molar-refractivity contribution in [3.8, 4) is 11.5 Å². The van der Waals surface area contributed by atoms with Crippen molar-refractivity contribution in [1.29, 1.82) is 0 Å². The molecule has 2 aromatic carbocycles. The molecule has 0 fully saturated rings. The summed E-state index contributed by atoms with van der Waals surface area (Å²) in [6, 6.07) is 14.3. The fourth-order valence-electron chi connectivity index (χ4n) is 2.60. The SMILES string of the molecule is COC(=O)C(Cc1ccc(OCCNC(=O)OC(C)(C)C)c(Cl)c1)Oc1ccccc1. The Morgan fingerprint density at radius 3 is 2.42 bits per heavy atom. The number of benzene rings is 2. The number of para-hydroxylation sites is 1. The summed E-state index contributed by atoms with van der Waals surface area (Å²) in [5.41, 5.74) is 0.228. The van der Waals surface area contributed by atoms with Crippen molar-refractivity contribution in [2.75, 3.05) is 20.3 Å². The van der Waals surface area contributed by atoms with E-state index >= 15 is 0 Å². The van der Waals surface area contributed by atoms with Gasteiger partial charge in [0.2, 0.25) is 0 Å². The highest BCUT2D eigenvalue weighted by Gasteiger charge is 2.22. The van der Waals surface area contributed by atoms with Crippen molar-refractivity contribution in [1.82, 2.24) is 5.32 Å². The maximum Gasteiger partial charge on any atom is 0.407 e. The average Bonchev–Trinajstić information content (AvgIpc) is 2.71. The largest absolute Gasteiger partial charge is 0.490 e. The summed E-state index contributed by atoms with van der Waals surface area (Å²) in [6.07, 6.45) is -1.04. The van der Waals surface area contributed by atoms with E-state index in [9.17, 15) is 9.59 Å². The van der Waals surface area contributed by atoms with Gasteiger partial charge in [-0.05, 0) is 50.6 Å². The first-order chi connectivity index (χ1) is 14.7. The third-order valence-electron chi connectivity index (χ3n) is 3.93. The van der Waals surface area contributed by atoms with Crippen LogP contribution in [0.4, 0.5) is 4.79 Å². The normalized spacial score (nSPS) is 11.9. The molecule has 0 heterocycles. The quantitative estimate of drug-likeness (QED) is 0.451. The van der Waals surface area contributed by atoms with Crippen molar-refractivity contribution in [3.63, 3.8) is 0 Å². The molecule has 2 rings (SSSR count). The number of amides is 1. The van der Waals surface area contributed by atoms with Crippen LogP contribution in [0.3, 0.4) is 0 Å². The van der Waals surface area contributed by atoms with Gasteiger partial charge in [0.1, 0.15) is 23.7 Å². The number of nitrogens with one attached hydrogen (secondary N) is 1. The van der Waals surface area contributed by atoms with Crippen molar-refractivity contribution < 1.29 is 28.5 Å². The number of halogens is 1. The second kappa shape index (κ2) is 11.5. The van der Waals surface area contributed by atoms with E-state index in [1.54, 1.807) is 51.1 Å². The summed E-state index contributed by atoms with van der Waals surface area (Å²) >= 11 is 6.32. The molecule has 0 bridgehead atoms. The molecule has 0 aliphatic carbocycles. The molecule has 8 heteroatoms. The fraction of sp³-hybridized carbons (Fsp3) is 0.391. The van der Waals surface area contributed by atoms with Crippen LogP contribution in [0, 0.1) is 0 Å². The summed E-state index contributed by atoms with van der Waals surface area (Å²) in [5, 5.41) is 3.00. The zero-order valence-corrected chi connectivity index (χ0v) is 18.9. The van der Waals surface area contributed by atoms with E-state index in [1.165, 1.54) is 7.11 Å². The summed E-state index contributed by atoms with van der Waals surface area (Å²) in [4.78, 5) is 23.8. The van der Waals surface area contributed by atoms with Crippen LogP contribution >= 0.6 is 11.6 Å². The summed E-state index contributed by atoms with van der Waals surface area (Å²) < 4.78 is 21.4. The number of carbonyl (C=O) groups is 2. The van der Waals surface area contributed by atoms with Gasteiger partial charge in [0.15, 0.2) is 6.10 Å². The monoisotopic (exact) mass is 449 g/mol. The number of hydrogen-bond donors (Lipinski definition) is 1. The zero-order valence-electron chi connectivity index (χ0n) is 18.1. The zero-order chi connectivity index (χ0) is 22.9. The lowest BCUT2D eigenvalue weighted by Crippen LogP contribution is -2.34. The lowest BCUT2D eigenvalue weighted by Gasteiger charge is -2.19. The predicted molar refractivity (Wildman–Crippen MR) is 118 cm³/mol. The van der Waals surface area contributed by atoms with Crippen molar-refractivity contribution in [2.24, 2.45) is 0 Å². The standard InChI is InChI=1S/C23H28ClNO6/c1-23(2,3)31-22(27)25-12-13-29-19-11-10-16(14-18(19)24)15-20(21(26)28-4)30-17-8-6-5-7-9-17/h5-11,14,20H,12-13,15H2,1-4H3,(H,25,27). The van der Waals surface area contributed by atoms with Gasteiger partial charge in [-0.15, -0.1) is 0 Å². The van der Waals surface area contributed by atoms with Gasteiger partial charge < -0.3 is 24.3 Å². The predicted octanol–water partition coefficient (Wildman–Crippen LogP) is 4.41.